The molecule has 1 aromatic carbocycles. The van der Waals surface area contributed by atoms with Crippen LogP contribution in [0.25, 0.3) is 0 Å². The summed E-state index contributed by atoms with van der Waals surface area (Å²) in [6, 6.07) is 10.2. The molecule has 0 aromatic heterocycles. The predicted octanol–water partition coefficient (Wildman–Crippen LogP) is 2.80. The molecule has 2 saturated heterocycles. The number of hydrogen-bond donors (Lipinski definition) is 2. The van der Waals surface area contributed by atoms with Crippen molar-refractivity contribution in [3.8, 4) is 0 Å². The maximum absolute atomic E-state index is 12.0. The van der Waals surface area contributed by atoms with Crippen LogP contribution in [0.1, 0.15) is 39.2 Å². The van der Waals surface area contributed by atoms with Crippen LogP contribution in [-0.4, -0.2) is 82.6 Å². The zero-order chi connectivity index (χ0) is 21.7. The van der Waals surface area contributed by atoms with Crippen LogP contribution in [0.2, 0.25) is 0 Å². The molecule has 2 fully saturated rings. The number of carbonyl (C=O) groups excluding carboxylic acids is 1. The van der Waals surface area contributed by atoms with Crippen molar-refractivity contribution in [3.63, 3.8) is 0 Å². The molecule has 2 aliphatic heterocycles. The fourth-order valence-electron chi connectivity index (χ4n) is 4.18. The fraction of sp³-hybridized carbons (Fsp3) is 0.636. The summed E-state index contributed by atoms with van der Waals surface area (Å²) in [5.41, 5.74) is 0.745. The van der Waals surface area contributed by atoms with Crippen molar-refractivity contribution < 1.29 is 19.4 Å². The molecule has 2 aliphatic rings. The molecule has 0 unspecified atom stereocenters. The fourth-order valence-corrected chi connectivity index (χ4v) is 4.18. The molecule has 2 heterocycles. The van der Waals surface area contributed by atoms with Crippen molar-refractivity contribution in [2.45, 2.75) is 57.7 Å². The lowest BCUT2D eigenvalue weighted by Gasteiger charge is -2.34. The van der Waals surface area contributed by atoms with Crippen LogP contribution in [0.5, 0.6) is 0 Å². The number of amides is 2. The van der Waals surface area contributed by atoms with E-state index in [1.54, 1.807) is 0 Å². The maximum Gasteiger partial charge on any atom is 0.422 e. The highest BCUT2D eigenvalue weighted by atomic mass is 16.6. The first-order valence-corrected chi connectivity index (χ1v) is 10.7. The van der Waals surface area contributed by atoms with Crippen molar-refractivity contribution in [2.24, 2.45) is 0 Å². The SMILES string of the molecule is CC(C)(C)OC(=O)N[C@H]1CCN(N(C(=O)O)[C@H]2CCN(CCc3ccccc3)C2)C1. The Morgan fingerprint density at radius 2 is 1.90 bits per heavy atom. The van der Waals surface area contributed by atoms with Crippen molar-refractivity contribution in [3.05, 3.63) is 35.9 Å². The van der Waals surface area contributed by atoms with E-state index in [9.17, 15) is 14.7 Å². The smallest absolute Gasteiger partial charge is 0.422 e. The van der Waals surface area contributed by atoms with Crippen molar-refractivity contribution in [2.75, 3.05) is 32.7 Å². The Morgan fingerprint density at radius 3 is 2.57 bits per heavy atom. The first kappa shape index (κ1) is 22.4. The molecule has 2 atom stereocenters. The zero-order valence-corrected chi connectivity index (χ0v) is 18.2. The Morgan fingerprint density at radius 1 is 1.17 bits per heavy atom. The first-order valence-electron chi connectivity index (χ1n) is 10.7. The van der Waals surface area contributed by atoms with E-state index < -0.39 is 17.8 Å². The monoisotopic (exact) mass is 418 g/mol. The van der Waals surface area contributed by atoms with Gasteiger partial charge in [0.2, 0.25) is 0 Å². The molecule has 166 valence electrons. The van der Waals surface area contributed by atoms with E-state index in [4.69, 9.17) is 4.74 Å². The molecule has 8 heteroatoms. The van der Waals surface area contributed by atoms with E-state index in [0.717, 1.165) is 32.5 Å². The Kier molecular flexibility index (Phi) is 7.20. The molecule has 1 aromatic rings. The van der Waals surface area contributed by atoms with Gasteiger partial charge in [-0.15, -0.1) is 0 Å². The van der Waals surface area contributed by atoms with Gasteiger partial charge in [0.05, 0.1) is 6.04 Å². The third kappa shape index (κ3) is 6.34. The largest absolute Gasteiger partial charge is 0.464 e. The molecule has 0 saturated carbocycles. The topological polar surface area (TPSA) is 85.3 Å². The number of rotatable bonds is 6. The van der Waals surface area contributed by atoms with E-state index in [0.29, 0.717) is 19.5 Å². The van der Waals surface area contributed by atoms with Crippen molar-refractivity contribution in [1.29, 1.82) is 0 Å². The number of hydrogen-bond acceptors (Lipinski definition) is 5. The van der Waals surface area contributed by atoms with Gasteiger partial charge in [-0.25, -0.2) is 19.6 Å². The summed E-state index contributed by atoms with van der Waals surface area (Å²) in [7, 11) is 0. The van der Waals surface area contributed by atoms with Gasteiger partial charge in [-0.2, -0.15) is 0 Å². The Hall–Kier alpha value is -2.32. The predicted molar refractivity (Wildman–Crippen MR) is 114 cm³/mol. The maximum atomic E-state index is 12.0. The Bertz CT molecular complexity index is 722. The summed E-state index contributed by atoms with van der Waals surface area (Å²) >= 11 is 0. The lowest BCUT2D eigenvalue weighted by molar-refractivity contribution is -0.0217. The second-order valence-corrected chi connectivity index (χ2v) is 9.15. The van der Waals surface area contributed by atoms with Crippen LogP contribution in [-0.2, 0) is 11.2 Å². The third-order valence-electron chi connectivity index (χ3n) is 5.54. The highest BCUT2D eigenvalue weighted by molar-refractivity contribution is 5.68. The normalized spacial score (nSPS) is 22.8. The number of hydrazine groups is 1. The van der Waals surface area contributed by atoms with Gasteiger partial charge in [0.15, 0.2) is 0 Å². The number of ether oxygens (including phenoxy) is 1. The third-order valence-corrected chi connectivity index (χ3v) is 5.54. The van der Waals surface area contributed by atoms with E-state index in [1.165, 1.54) is 10.6 Å². The molecule has 30 heavy (non-hydrogen) atoms. The van der Waals surface area contributed by atoms with Gasteiger partial charge < -0.3 is 20.1 Å². The highest BCUT2D eigenvalue weighted by Gasteiger charge is 2.38. The van der Waals surface area contributed by atoms with Crippen molar-refractivity contribution in [1.82, 2.24) is 20.2 Å². The summed E-state index contributed by atoms with van der Waals surface area (Å²) in [6.07, 6.45) is 1.11. The van der Waals surface area contributed by atoms with Gasteiger partial charge in [-0.3, -0.25) is 0 Å². The number of alkyl carbamates (subject to hydrolysis) is 1. The molecule has 2 amide bonds. The minimum absolute atomic E-state index is 0.0569. The zero-order valence-electron chi connectivity index (χ0n) is 18.2. The van der Waals surface area contributed by atoms with Gasteiger partial charge >= 0.3 is 12.2 Å². The summed E-state index contributed by atoms with van der Waals surface area (Å²) in [5, 5.41) is 16.1. The molecule has 8 nitrogen and oxygen atoms in total. The van der Waals surface area contributed by atoms with Crippen LogP contribution in [0, 0.1) is 0 Å². The molecular formula is C22H34N4O4. The van der Waals surface area contributed by atoms with E-state index in [2.05, 4.69) is 22.3 Å². The van der Waals surface area contributed by atoms with Crippen LogP contribution in [0.15, 0.2) is 30.3 Å². The van der Waals surface area contributed by atoms with Crippen LogP contribution in [0.3, 0.4) is 0 Å². The molecule has 0 bridgehead atoms. The number of carboxylic acid groups (broad SMARTS) is 1. The van der Waals surface area contributed by atoms with E-state index in [-0.39, 0.29) is 12.1 Å². The van der Waals surface area contributed by atoms with Crippen LogP contribution in [0.4, 0.5) is 9.59 Å². The van der Waals surface area contributed by atoms with E-state index in [1.807, 2.05) is 44.0 Å². The second-order valence-electron chi connectivity index (χ2n) is 9.15. The lowest BCUT2D eigenvalue weighted by atomic mass is 10.1. The summed E-state index contributed by atoms with van der Waals surface area (Å²) < 4.78 is 5.31. The first-order chi connectivity index (χ1) is 14.2. The number of nitrogens with one attached hydrogen (secondary N) is 1. The average molecular weight is 419 g/mol. The van der Waals surface area contributed by atoms with Gasteiger partial charge in [0, 0.05) is 38.8 Å². The van der Waals surface area contributed by atoms with Crippen LogP contribution < -0.4 is 5.32 Å². The molecule has 3 rings (SSSR count). The molecule has 0 spiro atoms. The van der Waals surface area contributed by atoms with Gasteiger partial charge in [0.1, 0.15) is 5.60 Å². The number of carbonyl (C=O) groups is 2. The average Bonchev–Trinajstić information content (AvgIpc) is 3.29. The van der Waals surface area contributed by atoms with Gasteiger partial charge in [-0.1, -0.05) is 30.3 Å². The Balaban J connectivity index is 1.50. The highest BCUT2D eigenvalue weighted by Crippen LogP contribution is 2.22. The molecular weight excluding hydrogens is 384 g/mol. The van der Waals surface area contributed by atoms with Gasteiger partial charge in [0.25, 0.3) is 0 Å². The molecule has 0 radical (unpaired) electrons. The quantitative estimate of drug-likeness (QED) is 0.739. The number of likely N-dealkylation sites (tertiary alicyclic amines) is 1. The van der Waals surface area contributed by atoms with Crippen LogP contribution >= 0.6 is 0 Å². The number of benzene rings is 1. The molecule has 0 aliphatic carbocycles. The molecule has 2 N–H and O–H groups in total. The van der Waals surface area contributed by atoms with Crippen molar-refractivity contribution >= 4 is 12.2 Å². The summed E-state index contributed by atoms with van der Waals surface area (Å²) in [4.78, 5) is 26.4. The second kappa shape index (κ2) is 9.66. The minimum Gasteiger partial charge on any atom is -0.464 e. The standard InChI is InChI=1S/C22H34N4O4/c1-22(2,3)30-20(27)23-18-10-14-25(15-18)26(21(28)29)19-11-13-24(16-19)12-9-17-7-5-4-6-8-17/h4-8,18-19H,9-16H2,1-3H3,(H,23,27)(H,28,29)/t18-,19-/m0/s1. The lowest BCUT2D eigenvalue weighted by Crippen LogP contribution is -2.52. The minimum atomic E-state index is -0.928. The Labute approximate surface area is 178 Å². The number of nitrogens with zero attached hydrogens (tertiary/aromatic N) is 3. The summed E-state index contributed by atoms with van der Waals surface area (Å²) in [5.74, 6) is 0. The summed E-state index contributed by atoms with van der Waals surface area (Å²) in [6.45, 7) is 9.11. The van der Waals surface area contributed by atoms with E-state index >= 15 is 0 Å². The van der Waals surface area contributed by atoms with Gasteiger partial charge in [-0.05, 0) is 45.6 Å².